The molecule has 1 aromatic rings. The number of phenolic OH excluding ortho intramolecular Hbond substituents is 1. The second-order valence-electron chi connectivity index (χ2n) is 3.15. The fraction of sp³-hybridized carbons (Fsp3) is 0.300. The number of carbonyl (C=O) groups excluding carboxylic acids is 1. The van der Waals surface area contributed by atoms with Crippen molar-refractivity contribution in [1.29, 1.82) is 0 Å². The molecule has 1 rings (SSSR count). The lowest BCUT2D eigenvalue weighted by Gasteiger charge is -2.11. The second kappa shape index (κ2) is 4.11. The fourth-order valence-corrected chi connectivity index (χ4v) is 1.22. The summed E-state index contributed by atoms with van der Waals surface area (Å²) in [5.74, 6) is -0.0929. The number of hydrogen-bond acceptors (Lipinski definition) is 3. The average molecular weight is 194 g/mol. The highest BCUT2D eigenvalue weighted by Gasteiger charge is 2.08. The Bertz CT molecular complexity index is 361. The van der Waals surface area contributed by atoms with E-state index in [2.05, 4.69) is 5.32 Å². The number of anilines is 1. The van der Waals surface area contributed by atoms with Crippen molar-refractivity contribution < 1.29 is 9.90 Å². The molecule has 4 heteroatoms. The largest absolute Gasteiger partial charge is 0.508 e. The molecule has 4 nitrogen and oxygen atoms in total. The first-order valence-electron chi connectivity index (χ1n) is 4.35. The van der Waals surface area contributed by atoms with Gasteiger partial charge in [-0.25, -0.2) is 0 Å². The Labute approximate surface area is 82.7 Å². The topological polar surface area (TPSA) is 75.3 Å². The Morgan fingerprint density at radius 1 is 1.50 bits per heavy atom. The number of aromatic hydroxyl groups is 1. The number of nitrogens with one attached hydrogen (secondary N) is 1. The van der Waals surface area contributed by atoms with Crippen LogP contribution in [0.1, 0.15) is 11.1 Å². The quantitative estimate of drug-likeness (QED) is 0.655. The molecule has 1 amide bonds. The van der Waals surface area contributed by atoms with Crippen molar-refractivity contribution in [3.05, 3.63) is 23.3 Å². The van der Waals surface area contributed by atoms with Gasteiger partial charge in [-0.2, -0.15) is 0 Å². The van der Waals surface area contributed by atoms with Crippen LogP contribution in [0, 0.1) is 13.8 Å². The Hall–Kier alpha value is -1.55. The molecule has 0 saturated carbocycles. The third-order valence-corrected chi connectivity index (χ3v) is 2.09. The number of benzene rings is 1. The highest BCUT2D eigenvalue weighted by molar-refractivity contribution is 5.94. The maximum atomic E-state index is 11.1. The molecule has 76 valence electrons. The minimum Gasteiger partial charge on any atom is -0.508 e. The monoisotopic (exact) mass is 194 g/mol. The summed E-state index contributed by atoms with van der Waals surface area (Å²) < 4.78 is 0. The van der Waals surface area contributed by atoms with Gasteiger partial charge >= 0.3 is 0 Å². The molecular formula is C10H14N2O2. The van der Waals surface area contributed by atoms with Gasteiger partial charge in [-0.15, -0.1) is 0 Å². The van der Waals surface area contributed by atoms with Gasteiger partial charge in [-0.3, -0.25) is 4.79 Å². The molecule has 0 fully saturated rings. The van der Waals surface area contributed by atoms with E-state index in [0.717, 1.165) is 5.56 Å². The Morgan fingerprint density at radius 3 is 2.71 bits per heavy atom. The Kier molecular flexibility index (Phi) is 3.09. The number of carbonyl (C=O) groups is 1. The standard InChI is InChI=1S/C10H14N2O2/c1-6-3-4-8(13)7(2)10(6)12-9(14)5-11/h3-4,13H,5,11H2,1-2H3,(H,12,14). The van der Waals surface area contributed by atoms with E-state index in [-0.39, 0.29) is 18.2 Å². The molecule has 0 spiro atoms. The summed E-state index contributed by atoms with van der Waals surface area (Å²) in [4.78, 5) is 11.1. The summed E-state index contributed by atoms with van der Waals surface area (Å²) in [5, 5.41) is 12.1. The average Bonchev–Trinajstić information content (AvgIpc) is 2.18. The van der Waals surface area contributed by atoms with Crippen molar-refractivity contribution in [2.75, 3.05) is 11.9 Å². The minimum atomic E-state index is -0.262. The maximum Gasteiger partial charge on any atom is 0.238 e. The normalized spacial score (nSPS) is 9.93. The van der Waals surface area contributed by atoms with Gasteiger partial charge in [0.2, 0.25) is 5.91 Å². The van der Waals surface area contributed by atoms with Crippen LogP contribution in [0.2, 0.25) is 0 Å². The summed E-state index contributed by atoms with van der Waals surface area (Å²) in [6, 6.07) is 3.34. The lowest BCUT2D eigenvalue weighted by Crippen LogP contribution is -2.22. The lowest BCUT2D eigenvalue weighted by molar-refractivity contribution is -0.114. The number of amides is 1. The number of nitrogens with two attached hydrogens (primary N) is 1. The smallest absolute Gasteiger partial charge is 0.238 e. The van der Waals surface area contributed by atoms with Gasteiger partial charge in [-0.05, 0) is 25.5 Å². The van der Waals surface area contributed by atoms with Crippen LogP contribution < -0.4 is 11.1 Å². The van der Waals surface area contributed by atoms with E-state index < -0.39 is 0 Å². The zero-order chi connectivity index (χ0) is 10.7. The van der Waals surface area contributed by atoms with Crippen molar-refractivity contribution in [2.24, 2.45) is 5.73 Å². The molecule has 0 heterocycles. The van der Waals surface area contributed by atoms with Gasteiger partial charge in [0.1, 0.15) is 5.75 Å². The SMILES string of the molecule is Cc1ccc(O)c(C)c1NC(=O)CN. The van der Waals surface area contributed by atoms with Crippen LogP contribution in [-0.2, 0) is 4.79 Å². The first-order valence-corrected chi connectivity index (χ1v) is 4.35. The first kappa shape index (κ1) is 10.5. The molecule has 0 bridgehead atoms. The summed E-state index contributed by atoms with van der Waals surface area (Å²) in [6.45, 7) is 3.54. The molecule has 0 aromatic heterocycles. The molecular weight excluding hydrogens is 180 g/mol. The van der Waals surface area contributed by atoms with Gasteiger partial charge < -0.3 is 16.2 Å². The van der Waals surface area contributed by atoms with Crippen LogP contribution in [0.15, 0.2) is 12.1 Å². The molecule has 0 atom stereocenters. The third kappa shape index (κ3) is 2.03. The third-order valence-electron chi connectivity index (χ3n) is 2.09. The molecule has 1 aromatic carbocycles. The molecule has 0 aliphatic rings. The number of phenols is 1. The number of rotatable bonds is 2. The van der Waals surface area contributed by atoms with Gasteiger partial charge in [-0.1, -0.05) is 6.07 Å². The lowest BCUT2D eigenvalue weighted by atomic mass is 10.1. The fourth-order valence-electron chi connectivity index (χ4n) is 1.22. The van der Waals surface area contributed by atoms with Crippen molar-refractivity contribution >= 4 is 11.6 Å². The van der Waals surface area contributed by atoms with Gasteiger partial charge in [0.15, 0.2) is 0 Å². The summed E-state index contributed by atoms with van der Waals surface area (Å²) in [6.07, 6.45) is 0. The molecule has 14 heavy (non-hydrogen) atoms. The van der Waals surface area contributed by atoms with Crippen LogP contribution in [0.4, 0.5) is 5.69 Å². The summed E-state index contributed by atoms with van der Waals surface area (Å²) in [7, 11) is 0. The maximum absolute atomic E-state index is 11.1. The number of aryl methyl sites for hydroxylation is 1. The Morgan fingerprint density at radius 2 is 2.14 bits per heavy atom. The zero-order valence-corrected chi connectivity index (χ0v) is 8.29. The summed E-state index contributed by atoms with van der Waals surface area (Å²) in [5.41, 5.74) is 7.39. The predicted octanol–water partition coefficient (Wildman–Crippen LogP) is 0.906. The van der Waals surface area contributed by atoms with E-state index in [1.165, 1.54) is 0 Å². The van der Waals surface area contributed by atoms with E-state index in [4.69, 9.17) is 5.73 Å². The van der Waals surface area contributed by atoms with E-state index in [9.17, 15) is 9.90 Å². The predicted molar refractivity (Wildman–Crippen MR) is 55.3 cm³/mol. The second-order valence-corrected chi connectivity index (χ2v) is 3.15. The van der Waals surface area contributed by atoms with E-state index in [0.29, 0.717) is 11.3 Å². The molecule has 0 radical (unpaired) electrons. The highest BCUT2D eigenvalue weighted by atomic mass is 16.3. The van der Waals surface area contributed by atoms with Crippen molar-refractivity contribution in [2.45, 2.75) is 13.8 Å². The molecule has 0 aliphatic heterocycles. The van der Waals surface area contributed by atoms with E-state index in [1.807, 2.05) is 6.92 Å². The van der Waals surface area contributed by atoms with Crippen LogP contribution in [-0.4, -0.2) is 17.6 Å². The highest BCUT2D eigenvalue weighted by Crippen LogP contribution is 2.27. The summed E-state index contributed by atoms with van der Waals surface area (Å²) >= 11 is 0. The van der Waals surface area contributed by atoms with Gasteiger partial charge in [0.25, 0.3) is 0 Å². The number of hydrogen-bond donors (Lipinski definition) is 3. The van der Waals surface area contributed by atoms with Crippen LogP contribution in [0.5, 0.6) is 5.75 Å². The molecule has 0 aliphatic carbocycles. The van der Waals surface area contributed by atoms with E-state index >= 15 is 0 Å². The van der Waals surface area contributed by atoms with Crippen molar-refractivity contribution in [3.63, 3.8) is 0 Å². The minimum absolute atomic E-state index is 0.0610. The van der Waals surface area contributed by atoms with E-state index in [1.54, 1.807) is 19.1 Å². The van der Waals surface area contributed by atoms with Crippen molar-refractivity contribution in [1.82, 2.24) is 0 Å². The van der Waals surface area contributed by atoms with Crippen LogP contribution in [0.25, 0.3) is 0 Å². The molecule has 0 saturated heterocycles. The van der Waals surface area contributed by atoms with Gasteiger partial charge in [0, 0.05) is 5.56 Å². The van der Waals surface area contributed by atoms with Crippen molar-refractivity contribution in [3.8, 4) is 5.75 Å². The Balaban J connectivity index is 3.06. The van der Waals surface area contributed by atoms with Crippen LogP contribution in [0.3, 0.4) is 0 Å². The zero-order valence-electron chi connectivity index (χ0n) is 8.29. The molecule has 4 N–H and O–H groups in total. The first-order chi connectivity index (χ1) is 6.56. The van der Waals surface area contributed by atoms with Gasteiger partial charge in [0.05, 0.1) is 12.2 Å². The molecule has 0 unspecified atom stereocenters. The van der Waals surface area contributed by atoms with Crippen LogP contribution >= 0.6 is 0 Å².